The molecule has 0 saturated heterocycles. The molecule has 3 nitrogen and oxygen atoms in total. The Morgan fingerprint density at radius 3 is 2.56 bits per heavy atom. The zero-order valence-electron chi connectivity index (χ0n) is 9.45. The van der Waals surface area contributed by atoms with Crippen molar-refractivity contribution in [1.82, 2.24) is 5.32 Å². The number of rotatable bonds is 4. The molecule has 1 aromatic heterocycles. The van der Waals surface area contributed by atoms with E-state index < -0.39 is 0 Å². The van der Waals surface area contributed by atoms with E-state index in [9.17, 15) is 9.18 Å². The molecule has 0 unspecified atom stereocenters. The number of nitrogens with one attached hydrogen (secondary N) is 1. The van der Waals surface area contributed by atoms with Crippen LogP contribution in [-0.2, 0) is 12.4 Å². The normalized spacial score (nSPS) is 10.3. The Hall–Kier alpha value is -1.81. The Labute approximate surface area is 109 Å². The number of amides is 1. The molecular formula is C13H11ClFNO2. The van der Waals surface area contributed by atoms with Crippen LogP contribution in [0.4, 0.5) is 4.39 Å². The first-order chi connectivity index (χ1) is 8.69. The molecule has 0 aliphatic rings. The molecule has 0 spiro atoms. The fourth-order valence-electron chi connectivity index (χ4n) is 1.44. The van der Waals surface area contributed by atoms with E-state index in [4.69, 9.17) is 16.0 Å². The molecule has 5 heteroatoms. The van der Waals surface area contributed by atoms with Crippen molar-refractivity contribution in [2.24, 2.45) is 0 Å². The smallest absolute Gasteiger partial charge is 0.287 e. The Morgan fingerprint density at radius 2 is 1.94 bits per heavy atom. The largest absolute Gasteiger partial charge is 0.455 e. The minimum absolute atomic E-state index is 0.216. The molecule has 94 valence electrons. The third-order valence-corrected chi connectivity index (χ3v) is 2.65. The summed E-state index contributed by atoms with van der Waals surface area (Å²) in [5, 5.41) is 2.67. The molecule has 0 saturated carbocycles. The third kappa shape index (κ3) is 3.11. The van der Waals surface area contributed by atoms with Gasteiger partial charge in [0, 0.05) is 6.54 Å². The fraction of sp³-hybridized carbons (Fsp3) is 0.154. The minimum Gasteiger partial charge on any atom is -0.455 e. The predicted octanol–water partition coefficient (Wildman–Crippen LogP) is 3.09. The Kier molecular flexibility index (Phi) is 3.99. The van der Waals surface area contributed by atoms with Gasteiger partial charge in [0.25, 0.3) is 5.91 Å². The standard InChI is InChI=1S/C13H11ClFNO2/c14-7-11-5-6-12(18-11)13(17)16-8-9-1-3-10(15)4-2-9/h1-6H,7-8H2,(H,16,17). The van der Waals surface area contributed by atoms with E-state index in [0.717, 1.165) is 5.56 Å². The average Bonchev–Trinajstić information content (AvgIpc) is 2.86. The monoisotopic (exact) mass is 267 g/mol. The van der Waals surface area contributed by atoms with Crippen molar-refractivity contribution < 1.29 is 13.6 Å². The van der Waals surface area contributed by atoms with E-state index in [1.54, 1.807) is 24.3 Å². The second kappa shape index (κ2) is 5.69. The first-order valence-corrected chi connectivity index (χ1v) is 5.90. The van der Waals surface area contributed by atoms with E-state index in [-0.39, 0.29) is 23.4 Å². The summed E-state index contributed by atoms with van der Waals surface area (Å²) in [6, 6.07) is 9.14. The van der Waals surface area contributed by atoms with Crippen molar-refractivity contribution in [2.75, 3.05) is 0 Å². The first kappa shape index (κ1) is 12.6. The maximum atomic E-state index is 12.7. The number of hydrogen-bond donors (Lipinski definition) is 1. The number of alkyl halides is 1. The molecule has 0 fully saturated rings. The number of hydrogen-bond acceptors (Lipinski definition) is 2. The first-order valence-electron chi connectivity index (χ1n) is 5.36. The molecule has 1 amide bonds. The van der Waals surface area contributed by atoms with Gasteiger partial charge in [0.05, 0.1) is 5.88 Å². The van der Waals surface area contributed by atoms with Crippen LogP contribution in [0, 0.1) is 5.82 Å². The van der Waals surface area contributed by atoms with Gasteiger partial charge >= 0.3 is 0 Å². The maximum Gasteiger partial charge on any atom is 0.287 e. The summed E-state index contributed by atoms with van der Waals surface area (Å²) in [7, 11) is 0. The van der Waals surface area contributed by atoms with Gasteiger partial charge in [-0.25, -0.2) is 4.39 Å². The van der Waals surface area contributed by atoms with Crippen molar-refractivity contribution in [1.29, 1.82) is 0 Å². The predicted molar refractivity (Wildman–Crippen MR) is 65.8 cm³/mol. The van der Waals surface area contributed by atoms with Gasteiger partial charge in [-0.1, -0.05) is 12.1 Å². The summed E-state index contributed by atoms with van der Waals surface area (Å²) in [6.07, 6.45) is 0. The summed E-state index contributed by atoms with van der Waals surface area (Å²) >= 11 is 5.57. The van der Waals surface area contributed by atoms with Crippen molar-refractivity contribution in [3.63, 3.8) is 0 Å². The number of halogens is 2. The summed E-state index contributed by atoms with van der Waals surface area (Å²) in [5.41, 5.74) is 0.814. The number of furan rings is 1. The Balaban J connectivity index is 1.93. The molecule has 0 aliphatic heterocycles. The molecule has 0 aliphatic carbocycles. The summed E-state index contributed by atoms with van der Waals surface area (Å²) in [4.78, 5) is 11.7. The Morgan fingerprint density at radius 1 is 1.22 bits per heavy atom. The molecular weight excluding hydrogens is 257 g/mol. The van der Waals surface area contributed by atoms with Crippen LogP contribution in [0.25, 0.3) is 0 Å². The zero-order valence-corrected chi connectivity index (χ0v) is 10.2. The van der Waals surface area contributed by atoms with Crippen LogP contribution in [0.1, 0.15) is 21.9 Å². The zero-order chi connectivity index (χ0) is 13.0. The quantitative estimate of drug-likeness (QED) is 0.865. The van der Waals surface area contributed by atoms with Crippen LogP contribution < -0.4 is 5.32 Å². The van der Waals surface area contributed by atoms with Gasteiger partial charge < -0.3 is 9.73 Å². The van der Waals surface area contributed by atoms with Gasteiger partial charge in [-0.3, -0.25) is 4.79 Å². The molecule has 0 radical (unpaired) electrons. The van der Waals surface area contributed by atoms with Gasteiger partial charge in [0.15, 0.2) is 5.76 Å². The fourth-order valence-corrected chi connectivity index (χ4v) is 1.59. The van der Waals surface area contributed by atoms with Crippen LogP contribution >= 0.6 is 11.6 Å². The van der Waals surface area contributed by atoms with Crippen LogP contribution in [0.15, 0.2) is 40.8 Å². The molecule has 18 heavy (non-hydrogen) atoms. The highest BCUT2D eigenvalue weighted by Crippen LogP contribution is 2.10. The van der Waals surface area contributed by atoms with E-state index in [1.165, 1.54) is 12.1 Å². The van der Waals surface area contributed by atoms with Crippen LogP contribution in [0.2, 0.25) is 0 Å². The van der Waals surface area contributed by atoms with Crippen LogP contribution in [0.5, 0.6) is 0 Å². The lowest BCUT2D eigenvalue weighted by Gasteiger charge is -2.03. The van der Waals surface area contributed by atoms with Gasteiger partial charge in [-0.05, 0) is 29.8 Å². The maximum absolute atomic E-state index is 12.7. The highest BCUT2D eigenvalue weighted by atomic mass is 35.5. The Bertz CT molecular complexity index is 536. The van der Waals surface area contributed by atoms with E-state index in [1.807, 2.05) is 0 Å². The number of carbonyl (C=O) groups excluding carboxylic acids is 1. The van der Waals surface area contributed by atoms with Gasteiger partial charge in [-0.2, -0.15) is 0 Å². The highest BCUT2D eigenvalue weighted by molar-refractivity contribution is 6.16. The third-order valence-electron chi connectivity index (χ3n) is 2.38. The summed E-state index contributed by atoms with van der Waals surface area (Å²) in [6.45, 7) is 0.315. The molecule has 1 heterocycles. The SMILES string of the molecule is O=C(NCc1ccc(F)cc1)c1ccc(CCl)o1. The van der Waals surface area contributed by atoms with E-state index in [2.05, 4.69) is 5.32 Å². The topological polar surface area (TPSA) is 42.2 Å². The average molecular weight is 268 g/mol. The number of carbonyl (C=O) groups is 1. The van der Waals surface area contributed by atoms with Gasteiger partial charge in [-0.15, -0.1) is 11.6 Å². The molecule has 0 bridgehead atoms. The molecule has 1 aromatic carbocycles. The van der Waals surface area contributed by atoms with Crippen LogP contribution in [-0.4, -0.2) is 5.91 Å². The summed E-state index contributed by atoms with van der Waals surface area (Å²) < 4.78 is 17.9. The molecule has 1 N–H and O–H groups in total. The van der Waals surface area contributed by atoms with Crippen LogP contribution in [0.3, 0.4) is 0 Å². The van der Waals surface area contributed by atoms with Crippen molar-refractivity contribution >= 4 is 17.5 Å². The highest BCUT2D eigenvalue weighted by Gasteiger charge is 2.10. The second-order valence-corrected chi connectivity index (χ2v) is 3.98. The van der Waals surface area contributed by atoms with E-state index in [0.29, 0.717) is 12.3 Å². The molecule has 2 rings (SSSR count). The van der Waals surface area contributed by atoms with Crippen molar-refractivity contribution in [2.45, 2.75) is 12.4 Å². The molecule has 2 aromatic rings. The van der Waals surface area contributed by atoms with E-state index >= 15 is 0 Å². The summed E-state index contributed by atoms with van der Waals surface area (Å²) in [5.74, 6) is 0.362. The minimum atomic E-state index is -0.323. The lowest BCUT2D eigenvalue weighted by Crippen LogP contribution is -2.22. The lowest BCUT2D eigenvalue weighted by atomic mass is 10.2. The number of benzene rings is 1. The second-order valence-electron chi connectivity index (χ2n) is 3.71. The van der Waals surface area contributed by atoms with Gasteiger partial charge in [0.2, 0.25) is 0 Å². The van der Waals surface area contributed by atoms with Crippen molar-refractivity contribution in [3.05, 3.63) is 59.3 Å². The molecule has 0 atom stereocenters. The van der Waals surface area contributed by atoms with Gasteiger partial charge in [0.1, 0.15) is 11.6 Å². The van der Waals surface area contributed by atoms with Crippen molar-refractivity contribution in [3.8, 4) is 0 Å². The lowest BCUT2D eigenvalue weighted by molar-refractivity contribution is 0.0921.